The van der Waals surface area contributed by atoms with Crippen molar-refractivity contribution in [3.63, 3.8) is 0 Å². The van der Waals surface area contributed by atoms with E-state index in [4.69, 9.17) is 5.11 Å². The summed E-state index contributed by atoms with van der Waals surface area (Å²) in [5.41, 5.74) is -0.351. The molecule has 5 nitrogen and oxygen atoms in total. The van der Waals surface area contributed by atoms with Crippen LogP contribution < -0.4 is 0 Å². The van der Waals surface area contributed by atoms with Crippen molar-refractivity contribution < 1.29 is 24.2 Å². The van der Waals surface area contributed by atoms with E-state index in [1.54, 1.807) is 0 Å². The standard InChI is InChI=1S/C13H14FNO4/c14-9-2-1-3-10(16)11(9)12(17)15-6-4-8(5-7-15)13(18)19/h1-3,8,16H,4-7H2,(H,18,19). The third-order valence-corrected chi connectivity index (χ3v) is 3.34. The van der Waals surface area contributed by atoms with Gasteiger partial charge in [-0.25, -0.2) is 4.39 Å². The van der Waals surface area contributed by atoms with Gasteiger partial charge in [0.15, 0.2) is 0 Å². The first-order valence-corrected chi connectivity index (χ1v) is 6.00. The van der Waals surface area contributed by atoms with E-state index in [0.29, 0.717) is 12.8 Å². The molecule has 6 heteroatoms. The van der Waals surface area contributed by atoms with Crippen LogP contribution in [0.1, 0.15) is 23.2 Å². The van der Waals surface area contributed by atoms with Gasteiger partial charge in [-0.2, -0.15) is 0 Å². The van der Waals surface area contributed by atoms with Crippen LogP contribution in [0.15, 0.2) is 18.2 Å². The van der Waals surface area contributed by atoms with E-state index < -0.39 is 29.4 Å². The van der Waals surface area contributed by atoms with Gasteiger partial charge in [0, 0.05) is 13.1 Å². The minimum atomic E-state index is -0.874. The molecule has 1 aliphatic rings. The van der Waals surface area contributed by atoms with E-state index in [1.807, 2.05) is 0 Å². The van der Waals surface area contributed by atoms with Gasteiger partial charge >= 0.3 is 5.97 Å². The number of aromatic hydroxyl groups is 1. The number of carbonyl (C=O) groups excluding carboxylic acids is 1. The predicted molar refractivity (Wildman–Crippen MR) is 64.3 cm³/mol. The van der Waals surface area contributed by atoms with Crippen LogP contribution in [0.5, 0.6) is 5.75 Å². The monoisotopic (exact) mass is 267 g/mol. The second kappa shape index (κ2) is 5.26. The van der Waals surface area contributed by atoms with Crippen molar-refractivity contribution in [1.29, 1.82) is 0 Å². The van der Waals surface area contributed by atoms with Crippen LogP contribution in [0.25, 0.3) is 0 Å². The van der Waals surface area contributed by atoms with Crippen LogP contribution in [0.3, 0.4) is 0 Å². The number of carboxylic acids is 1. The molecule has 0 atom stereocenters. The van der Waals surface area contributed by atoms with E-state index >= 15 is 0 Å². The first-order valence-electron chi connectivity index (χ1n) is 6.00. The number of benzene rings is 1. The summed E-state index contributed by atoms with van der Waals surface area (Å²) in [5.74, 6) is -3.10. The van der Waals surface area contributed by atoms with E-state index in [0.717, 1.165) is 6.07 Å². The molecule has 1 aromatic rings. The number of aliphatic carboxylic acids is 1. The molecule has 1 heterocycles. The number of hydrogen-bond donors (Lipinski definition) is 2. The summed E-state index contributed by atoms with van der Waals surface area (Å²) >= 11 is 0. The van der Waals surface area contributed by atoms with Gasteiger partial charge < -0.3 is 15.1 Å². The molecule has 1 amide bonds. The molecule has 1 fully saturated rings. The van der Waals surface area contributed by atoms with Crippen LogP contribution in [-0.2, 0) is 4.79 Å². The van der Waals surface area contributed by atoms with Gasteiger partial charge in [0.1, 0.15) is 17.1 Å². The Morgan fingerprint density at radius 2 is 1.89 bits per heavy atom. The molecule has 0 aromatic heterocycles. The van der Waals surface area contributed by atoms with E-state index in [9.17, 15) is 19.1 Å². The fourth-order valence-corrected chi connectivity index (χ4v) is 2.21. The van der Waals surface area contributed by atoms with Gasteiger partial charge in [0.05, 0.1) is 5.92 Å². The maximum Gasteiger partial charge on any atom is 0.306 e. The molecular formula is C13H14FNO4. The number of amides is 1. The molecule has 0 unspecified atom stereocenters. The van der Waals surface area contributed by atoms with E-state index in [1.165, 1.54) is 17.0 Å². The molecule has 2 N–H and O–H groups in total. The van der Waals surface area contributed by atoms with Gasteiger partial charge in [-0.3, -0.25) is 9.59 Å². The second-order valence-corrected chi connectivity index (χ2v) is 4.54. The maximum atomic E-state index is 13.6. The third kappa shape index (κ3) is 2.67. The highest BCUT2D eigenvalue weighted by Gasteiger charge is 2.29. The second-order valence-electron chi connectivity index (χ2n) is 4.54. The lowest BCUT2D eigenvalue weighted by Gasteiger charge is -2.30. The molecule has 0 radical (unpaired) electrons. The Labute approximate surface area is 109 Å². The zero-order valence-corrected chi connectivity index (χ0v) is 10.2. The number of hydrogen-bond acceptors (Lipinski definition) is 3. The van der Waals surface area contributed by atoms with Crippen molar-refractivity contribution in [2.45, 2.75) is 12.8 Å². The maximum absolute atomic E-state index is 13.6. The normalized spacial score (nSPS) is 16.4. The lowest BCUT2D eigenvalue weighted by atomic mass is 9.96. The number of phenols is 1. The highest BCUT2D eigenvalue weighted by Crippen LogP contribution is 2.25. The number of rotatable bonds is 2. The lowest BCUT2D eigenvalue weighted by Crippen LogP contribution is -2.40. The number of piperidine rings is 1. The summed E-state index contributed by atoms with van der Waals surface area (Å²) in [6.07, 6.45) is 0.687. The Kier molecular flexibility index (Phi) is 3.69. The zero-order valence-electron chi connectivity index (χ0n) is 10.2. The zero-order chi connectivity index (χ0) is 14.0. The van der Waals surface area contributed by atoms with Crippen molar-refractivity contribution in [3.8, 4) is 5.75 Å². The molecule has 19 heavy (non-hydrogen) atoms. The Bertz CT molecular complexity index is 489. The van der Waals surface area contributed by atoms with Crippen LogP contribution in [0, 0.1) is 11.7 Å². The topological polar surface area (TPSA) is 77.8 Å². The van der Waals surface area contributed by atoms with E-state index in [-0.39, 0.29) is 18.7 Å². The molecule has 0 aliphatic carbocycles. The molecule has 1 saturated heterocycles. The summed E-state index contributed by atoms with van der Waals surface area (Å²) in [4.78, 5) is 24.3. The summed E-state index contributed by atoms with van der Waals surface area (Å²) < 4.78 is 13.6. The molecule has 2 rings (SSSR count). The summed E-state index contributed by atoms with van der Waals surface area (Å²) in [5, 5.41) is 18.4. The van der Waals surface area contributed by atoms with Crippen molar-refractivity contribution in [3.05, 3.63) is 29.6 Å². The third-order valence-electron chi connectivity index (χ3n) is 3.34. The van der Waals surface area contributed by atoms with E-state index in [2.05, 4.69) is 0 Å². The first-order chi connectivity index (χ1) is 9.00. The number of carboxylic acid groups (broad SMARTS) is 1. The summed E-state index contributed by atoms with van der Waals surface area (Å²) in [7, 11) is 0. The van der Waals surface area contributed by atoms with Crippen LogP contribution in [0.2, 0.25) is 0 Å². The van der Waals surface area contributed by atoms with Crippen molar-refractivity contribution >= 4 is 11.9 Å². The lowest BCUT2D eigenvalue weighted by molar-refractivity contribution is -0.143. The minimum Gasteiger partial charge on any atom is -0.507 e. The van der Waals surface area contributed by atoms with Gasteiger partial charge in [-0.05, 0) is 25.0 Å². The van der Waals surface area contributed by atoms with Crippen LogP contribution in [-0.4, -0.2) is 40.1 Å². The fourth-order valence-electron chi connectivity index (χ4n) is 2.21. The molecule has 0 spiro atoms. The summed E-state index contributed by atoms with van der Waals surface area (Å²) in [6, 6.07) is 3.68. The van der Waals surface area contributed by atoms with Gasteiger partial charge in [-0.1, -0.05) is 6.07 Å². The minimum absolute atomic E-state index is 0.254. The molecule has 102 valence electrons. The SMILES string of the molecule is O=C(O)C1CCN(C(=O)c2c(O)cccc2F)CC1. The highest BCUT2D eigenvalue weighted by atomic mass is 19.1. The Morgan fingerprint density at radius 3 is 2.42 bits per heavy atom. The average Bonchev–Trinajstić information content (AvgIpc) is 2.38. The van der Waals surface area contributed by atoms with Gasteiger partial charge in [0.2, 0.25) is 0 Å². The number of carbonyl (C=O) groups is 2. The number of phenolic OH excluding ortho intramolecular Hbond substituents is 1. The largest absolute Gasteiger partial charge is 0.507 e. The fraction of sp³-hybridized carbons (Fsp3) is 0.385. The molecule has 0 saturated carbocycles. The molecule has 1 aromatic carbocycles. The van der Waals surface area contributed by atoms with Crippen LogP contribution in [0.4, 0.5) is 4.39 Å². The smallest absolute Gasteiger partial charge is 0.306 e. The highest BCUT2D eigenvalue weighted by molar-refractivity contribution is 5.97. The number of halogens is 1. The molecule has 0 bridgehead atoms. The van der Waals surface area contributed by atoms with Gasteiger partial charge in [0.25, 0.3) is 5.91 Å². The quantitative estimate of drug-likeness (QED) is 0.850. The van der Waals surface area contributed by atoms with Crippen molar-refractivity contribution in [2.24, 2.45) is 5.92 Å². The van der Waals surface area contributed by atoms with Crippen molar-refractivity contribution in [2.75, 3.05) is 13.1 Å². The first kappa shape index (κ1) is 13.3. The average molecular weight is 267 g/mol. The summed E-state index contributed by atoms with van der Waals surface area (Å²) in [6.45, 7) is 0.507. The number of likely N-dealkylation sites (tertiary alicyclic amines) is 1. The Hall–Kier alpha value is -2.11. The number of nitrogens with zero attached hydrogens (tertiary/aromatic N) is 1. The molecule has 1 aliphatic heterocycles. The Morgan fingerprint density at radius 1 is 1.26 bits per heavy atom. The van der Waals surface area contributed by atoms with Crippen LogP contribution >= 0.6 is 0 Å². The molecular weight excluding hydrogens is 253 g/mol. The predicted octanol–water partition coefficient (Wildman–Crippen LogP) is 1.47. The van der Waals surface area contributed by atoms with Crippen molar-refractivity contribution in [1.82, 2.24) is 4.90 Å². The Balaban J connectivity index is 2.12. The van der Waals surface area contributed by atoms with Gasteiger partial charge in [-0.15, -0.1) is 0 Å².